The number of rotatable bonds is 4. The lowest BCUT2D eigenvalue weighted by atomic mass is 10.1. The van der Waals surface area contributed by atoms with Crippen LogP contribution in [0.25, 0.3) is 0 Å². The maximum Gasteiger partial charge on any atom is 0.233 e. The lowest BCUT2D eigenvalue weighted by molar-refractivity contribution is 0.262. The topological polar surface area (TPSA) is 74.1 Å². The number of hydrazone groups is 2. The van der Waals surface area contributed by atoms with Gasteiger partial charge in [-0.1, -0.05) is 0 Å². The number of hydrazine groups is 2. The summed E-state index contributed by atoms with van der Waals surface area (Å²) in [6, 6.07) is 4.03. The van der Waals surface area contributed by atoms with Gasteiger partial charge in [0.15, 0.2) is 5.84 Å². The maximum atomic E-state index is 5.60. The molecule has 0 saturated heterocycles. The Kier molecular flexibility index (Phi) is 3.37. The lowest BCUT2D eigenvalue weighted by Crippen LogP contribution is -2.38. The molecule has 0 amide bonds. The van der Waals surface area contributed by atoms with E-state index in [1.807, 2.05) is 18.2 Å². The van der Waals surface area contributed by atoms with Crippen molar-refractivity contribution in [2.45, 2.75) is 12.8 Å². The number of nitrogens with zero attached hydrogens (tertiary/aromatic N) is 4. The van der Waals surface area contributed by atoms with Gasteiger partial charge < -0.3 is 4.74 Å². The van der Waals surface area contributed by atoms with Gasteiger partial charge in [-0.15, -0.1) is 15.7 Å². The van der Waals surface area contributed by atoms with Crippen LogP contribution in [-0.2, 0) is 11.2 Å². The summed E-state index contributed by atoms with van der Waals surface area (Å²) >= 11 is 0. The number of pyridine rings is 1. The molecule has 7 heteroatoms. The Morgan fingerprint density at radius 1 is 1.21 bits per heavy atom. The number of aryl methyl sites for hydroxylation is 1. The van der Waals surface area contributed by atoms with Gasteiger partial charge >= 0.3 is 0 Å². The average Bonchev–Trinajstić information content (AvgIpc) is 2.92. The van der Waals surface area contributed by atoms with E-state index in [2.05, 4.69) is 26.3 Å². The number of hydrogen-bond acceptors (Lipinski definition) is 7. The number of nitrogens with one attached hydrogen (secondary N) is 2. The van der Waals surface area contributed by atoms with E-state index in [4.69, 9.17) is 4.74 Å². The van der Waals surface area contributed by atoms with Crippen LogP contribution in [0.3, 0.4) is 0 Å². The molecule has 1 aromatic rings. The Morgan fingerprint density at radius 3 is 3.00 bits per heavy atom. The molecule has 2 N–H and O–H groups in total. The SMILES string of the molecule is C1=CC2=NNNN2N=C1OCCCc1ccncc1. The second kappa shape index (κ2) is 5.49. The molecule has 0 saturated carbocycles. The van der Waals surface area contributed by atoms with E-state index in [1.54, 1.807) is 18.5 Å². The third-order valence-corrected chi connectivity index (χ3v) is 2.73. The van der Waals surface area contributed by atoms with E-state index < -0.39 is 0 Å². The molecule has 0 bridgehead atoms. The Balaban J connectivity index is 1.44. The van der Waals surface area contributed by atoms with Gasteiger partial charge in [-0.3, -0.25) is 4.98 Å². The second-order valence-corrected chi connectivity index (χ2v) is 4.08. The Morgan fingerprint density at radius 2 is 2.11 bits per heavy atom. The quantitative estimate of drug-likeness (QED) is 0.772. The highest BCUT2D eigenvalue weighted by atomic mass is 16.5. The van der Waals surface area contributed by atoms with Crippen LogP contribution in [0.5, 0.6) is 0 Å². The third-order valence-electron chi connectivity index (χ3n) is 2.73. The molecule has 0 aromatic carbocycles. The zero-order chi connectivity index (χ0) is 12.9. The van der Waals surface area contributed by atoms with Gasteiger partial charge in [0.05, 0.1) is 6.61 Å². The molecule has 19 heavy (non-hydrogen) atoms. The Bertz CT molecular complexity index is 524. The van der Waals surface area contributed by atoms with Crippen LogP contribution in [0.15, 0.2) is 46.9 Å². The normalized spacial score (nSPS) is 16.5. The molecule has 0 spiro atoms. The molecule has 0 aliphatic carbocycles. The number of amidine groups is 1. The fourth-order valence-corrected chi connectivity index (χ4v) is 1.78. The van der Waals surface area contributed by atoms with Crippen LogP contribution in [0.4, 0.5) is 0 Å². The fourth-order valence-electron chi connectivity index (χ4n) is 1.78. The minimum absolute atomic E-state index is 0.574. The first-order valence-electron chi connectivity index (χ1n) is 6.09. The molecule has 3 heterocycles. The molecule has 0 fully saturated rings. The summed E-state index contributed by atoms with van der Waals surface area (Å²) in [7, 11) is 0. The first-order valence-corrected chi connectivity index (χ1v) is 6.09. The molecule has 3 rings (SSSR count). The summed E-state index contributed by atoms with van der Waals surface area (Å²) in [5, 5.41) is 9.70. The monoisotopic (exact) mass is 258 g/mol. The van der Waals surface area contributed by atoms with E-state index in [9.17, 15) is 0 Å². The van der Waals surface area contributed by atoms with Crippen LogP contribution < -0.4 is 11.1 Å². The van der Waals surface area contributed by atoms with Crippen LogP contribution in [0, 0.1) is 0 Å². The van der Waals surface area contributed by atoms with Gasteiger partial charge in [-0.2, -0.15) is 5.12 Å². The summed E-state index contributed by atoms with van der Waals surface area (Å²) in [5.41, 5.74) is 6.64. The lowest BCUT2D eigenvalue weighted by Gasteiger charge is -2.16. The van der Waals surface area contributed by atoms with Crippen molar-refractivity contribution in [1.82, 2.24) is 21.2 Å². The predicted octanol–water partition coefficient (Wildman–Crippen LogP) is 0.552. The summed E-state index contributed by atoms with van der Waals surface area (Å²) in [4.78, 5) is 3.99. The van der Waals surface area contributed by atoms with Crippen LogP contribution >= 0.6 is 0 Å². The summed E-state index contributed by atoms with van der Waals surface area (Å²) in [5.74, 6) is 1.29. The highest BCUT2D eigenvalue weighted by Crippen LogP contribution is 2.05. The number of aromatic nitrogens is 1. The van der Waals surface area contributed by atoms with Gasteiger partial charge in [-0.05, 0) is 36.6 Å². The van der Waals surface area contributed by atoms with Crippen molar-refractivity contribution in [3.05, 3.63) is 42.2 Å². The van der Waals surface area contributed by atoms with Gasteiger partial charge in [-0.25, -0.2) is 5.53 Å². The van der Waals surface area contributed by atoms with E-state index >= 15 is 0 Å². The molecule has 7 nitrogen and oxygen atoms in total. The molecular formula is C12H14N6O. The third kappa shape index (κ3) is 2.89. The molecular weight excluding hydrogens is 244 g/mol. The zero-order valence-corrected chi connectivity index (χ0v) is 10.3. The van der Waals surface area contributed by atoms with Gasteiger partial charge in [0.1, 0.15) is 0 Å². The fraction of sp³-hybridized carbons (Fsp3) is 0.250. The minimum Gasteiger partial charge on any atom is -0.477 e. The molecule has 98 valence electrons. The van der Waals surface area contributed by atoms with Gasteiger partial charge in [0, 0.05) is 18.5 Å². The number of ether oxygens (including phenoxy) is 1. The summed E-state index contributed by atoms with van der Waals surface area (Å²) < 4.78 is 5.60. The van der Waals surface area contributed by atoms with Gasteiger partial charge in [0.2, 0.25) is 5.90 Å². The molecule has 0 radical (unpaired) electrons. The number of hydrogen-bond donors (Lipinski definition) is 2. The van der Waals surface area contributed by atoms with E-state index in [0.29, 0.717) is 18.3 Å². The van der Waals surface area contributed by atoms with E-state index in [-0.39, 0.29) is 0 Å². The Hall–Kier alpha value is -2.41. The highest BCUT2D eigenvalue weighted by molar-refractivity contribution is 6.03. The molecule has 2 aliphatic rings. The zero-order valence-electron chi connectivity index (χ0n) is 10.3. The standard InChI is InChI=1S/C12H14N6O/c1(2-10-5-7-13-8-6-10)9-19-12-4-3-11-14-16-17-18(11)15-12/h3-8,16-17H,1-2,9H2. The predicted molar refractivity (Wildman–Crippen MR) is 70.6 cm³/mol. The van der Waals surface area contributed by atoms with Crippen LogP contribution in [0.2, 0.25) is 0 Å². The summed E-state index contributed by atoms with van der Waals surface area (Å²) in [6.45, 7) is 0.624. The first-order chi connectivity index (χ1) is 9.42. The van der Waals surface area contributed by atoms with E-state index in [1.165, 1.54) is 10.7 Å². The van der Waals surface area contributed by atoms with Crippen molar-refractivity contribution < 1.29 is 4.74 Å². The van der Waals surface area contributed by atoms with Crippen molar-refractivity contribution in [2.24, 2.45) is 10.2 Å². The summed E-state index contributed by atoms with van der Waals surface area (Å²) in [6.07, 6.45) is 9.14. The van der Waals surface area contributed by atoms with E-state index in [0.717, 1.165) is 12.8 Å². The first kappa shape index (κ1) is 11.7. The molecule has 2 aliphatic heterocycles. The Labute approximate surface area is 110 Å². The minimum atomic E-state index is 0.574. The van der Waals surface area contributed by atoms with Crippen LogP contribution in [-0.4, -0.2) is 28.4 Å². The van der Waals surface area contributed by atoms with Crippen LogP contribution in [0.1, 0.15) is 12.0 Å². The van der Waals surface area contributed by atoms with Gasteiger partial charge in [0.25, 0.3) is 0 Å². The maximum absolute atomic E-state index is 5.60. The second-order valence-electron chi connectivity index (χ2n) is 4.08. The average molecular weight is 258 g/mol. The molecule has 0 unspecified atom stereocenters. The molecule has 1 aromatic heterocycles. The number of fused-ring (bicyclic) bond motifs is 1. The van der Waals surface area contributed by atoms with Crippen molar-refractivity contribution in [2.75, 3.05) is 6.61 Å². The van der Waals surface area contributed by atoms with Crippen molar-refractivity contribution in [3.63, 3.8) is 0 Å². The molecule has 0 atom stereocenters. The van der Waals surface area contributed by atoms with Crippen molar-refractivity contribution in [1.29, 1.82) is 0 Å². The van der Waals surface area contributed by atoms with Crippen molar-refractivity contribution >= 4 is 11.7 Å². The smallest absolute Gasteiger partial charge is 0.233 e. The van der Waals surface area contributed by atoms with Crippen molar-refractivity contribution in [3.8, 4) is 0 Å². The largest absolute Gasteiger partial charge is 0.477 e. The highest BCUT2D eigenvalue weighted by Gasteiger charge is 2.18.